The first-order valence-electron chi connectivity index (χ1n) is 14.1. The summed E-state index contributed by atoms with van der Waals surface area (Å²) >= 11 is 0. The first kappa shape index (κ1) is 25.8. The highest BCUT2D eigenvalue weighted by molar-refractivity contribution is 6.00. The molecule has 0 atom stereocenters. The fourth-order valence-corrected chi connectivity index (χ4v) is 5.84. The van der Waals surface area contributed by atoms with E-state index in [2.05, 4.69) is 51.8 Å². The lowest BCUT2D eigenvalue weighted by molar-refractivity contribution is 0.0691. The molecule has 2 aliphatic heterocycles. The smallest absolute Gasteiger partial charge is 0.354 e. The third-order valence-electron chi connectivity index (χ3n) is 8.06. The second-order valence-corrected chi connectivity index (χ2v) is 11.0. The van der Waals surface area contributed by atoms with Gasteiger partial charge in [0.2, 0.25) is 0 Å². The summed E-state index contributed by atoms with van der Waals surface area (Å²) in [5.74, 6) is 0.0497. The van der Waals surface area contributed by atoms with Gasteiger partial charge in [-0.15, -0.1) is 0 Å². The molecule has 5 heterocycles. The Bertz CT molecular complexity index is 1590. The zero-order chi connectivity index (χ0) is 27.8. The van der Waals surface area contributed by atoms with E-state index in [0.717, 1.165) is 91.3 Å². The van der Waals surface area contributed by atoms with Crippen molar-refractivity contribution in [3.63, 3.8) is 0 Å². The van der Waals surface area contributed by atoms with Crippen LogP contribution >= 0.6 is 0 Å². The summed E-state index contributed by atoms with van der Waals surface area (Å²) < 4.78 is 1.77. The molecule has 3 aromatic heterocycles. The average Bonchev–Trinajstić information content (AvgIpc) is 3.66. The summed E-state index contributed by atoms with van der Waals surface area (Å²) in [6.07, 6.45) is 5.83. The second kappa shape index (κ2) is 10.6. The van der Waals surface area contributed by atoms with Crippen molar-refractivity contribution in [2.45, 2.75) is 45.4 Å². The van der Waals surface area contributed by atoms with Crippen LogP contribution in [-0.2, 0) is 0 Å². The molecule has 2 saturated heterocycles. The molecule has 0 unspecified atom stereocenters. The van der Waals surface area contributed by atoms with Gasteiger partial charge in [-0.2, -0.15) is 10.4 Å². The van der Waals surface area contributed by atoms with Gasteiger partial charge in [-0.25, -0.2) is 19.4 Å². The third-order valence-corrected chi connectivity index (χ3v) is 8.06. The molecule has 0 aliphatic carbocycles. The van der Waals surface area contributed by atoms with Crippen LogP contribution in [0.25, 0.3) is 27.8 Å². The number of carboxylic acids is 1. The van der Waals surface area contributed by atoms with Crippen molar-refractivity contribution in [1.29, 1.82) is 5.26 Å². The SMILES string of the molecule is CC(C)c1nn(-c2ccnc(N3CCCC3)c2)c2nc(C(=O)O)cc(-c3ccc(N4CCC(C#N)CC4)cc3)c12. The van der Waals surface area contributed by atoms with Crippen LogP contribution in [0.2, 0.25) is 0 Å². The number of nitrogens with zero attached hydrogens (tertiary/aromatic N) is 7. The molecule has 9 heteroatoms. The van der Waals surface area contributed by atoms with Gasteiger partial charge in [0.15, 0.2) is 11.3 Å². The highest BCUT2D eigenvalue weighted by Gasteiger charge is 2.24. The van der Waals surface area contributed by atoms with Gasteiger partial charge in [0.1, 0.15) is 5.82 Å². The van der Waals surface area contributed by atoms with Crippen molar-refractivity contribution < 1.29 is 9.90 Å². The number of nitriles is 1. The van der Waals surface area contributed by atoms with Crippen molar-refractivity contribution >= 4 is 28.5 Å². The number of hydrogen-bond acceptors (Lipinski definition) is 7. The van der Waals surface area contributed by atoms with E-state index in [0.29, 0.717) is 5.65 Å². The molecule has 4 aromatic rings. The molecular formula is C31H33N7O2. The number of carboxylic acid groups (broad SMARTS) is 1. The zero-order valence-electron chi connectivity index (χ0n) is 22.9. The van der Waals surface area contributed by atoms with Gasteiger partial charge in [0, 0.05) is 50.0 Å². The lowest BCUT2D eigenvalue weighted by atomic mass is 9.96. The fraction of sp³-hybridized carbons (Fsp3) is 0.387. The summed E-state index contributed by atoms with van der Waals surface area (Å²) in [5.41, 5.74) is 5.02. The lowest BCUT2D eigenvalue weighted by Gasteiger charge is -2.31. The van der Waals surface area contributed by atoms with Gasteiger partial charge in [0.25, 0.3) is 0 Å². The Kier molecular flexibility index (Phi) is 6.84. The van der Waals surface area contributed by atoms with E-state index < -0.39 is 5.97 Å². The second-order valence-electron chi connectivity index (χ2n) is 11.0. The van der Waals surface area contributed by atoms with Crippen LogP contribution in [0.4, 0.5) is 11.5 Å². The van der Waals surface area contributed by atoms with Crippen molar-refractivity contribution in [3.05, 3.63) is 60.0 Å². The number of fused-ring (bicyclic) bond motifs is 1. The van der Waals surface area contributed by atoms with E-state index in [4.69, 9.17) is 5.10 Å². The number of rotatable bonds is 6. The van der Waals surface area contributed by atoms with Crippen LogP contribution in [0.15, 0.2) is 48.7 Å². The maximum atomic E-state index is 12.2. The van der Waals surface area contributed by atoms with E-state index >= 15 is 0 Å². The van der Waals surface area contributed by atoms with Gasteiger partial charge in [-0.3, -0.25) is 0 Å². The average molecular weight is 536 g/mol. The van der Waals surface area contributed by atoms with Crippen molar-refractivity contribution in [3.8, 4) is 22.9 Å². The van der Waals surface area contributed by atoms with Crippen LogP contribution in [0.3, 0.4) is 0 Å². The van der Waals surface area contributed by atoms with Gasteiger partial charge in [-0.05, 0) is 67.0 Å². The summed E-state index contributed by atoms with van der Waals surface area (Å²) in [7, 11) is 0. The molecule has 6 rings (SSSR count). The molecule has 1 N–H and O–H groups in total. The number of anilines is 2. The third kappa shape index (κ3) is 4.75. The minimum Gasteiger partial charge on any atom is -0.477 e. The van der Waals surface area contributed by atoms with Crippen LogP contribution in [-0.4, -0.2) is 57.0 Å². The summed E-state index contributed by atoms with van der Waals surface area (Å²) in [6, 6.07) is 16.2. The largest absolute Gasteiger partial charge is 0.477 e. The van der Waals surface area contributed by atoms with Gasteiger partial charge in [-0.1, -0.05) is 26.0 Å². The maximum absolute atomic E-state index is 12.2. The summed E-state index contributed by atoms with van der Waals surface area (Å²) in [6.45, 7) is 7.86. The fourth-order valence-electron chi connectivity index (χ4n) is 5.84. The molecule has 2 fully saturated rings. The standard InChI is InChI=1S/C31H33N7O2/c1-20(2)29-28-25(22-5-7-23(8-6-22)36-15-10-21(19-32)11-16-36)18-26(31(39)40)34-30(28)38(35-29)24-9-12-33-27(17-24)37-13-3-4-14-37/h5-9,12,17-18,20-21H,3-4,10-11,13-16H2,1-2H3,(H,39,40). The van der Waals surface area contributed by atoms with E-state index in [1.165, 1.54) is 0 Å². The van der Waals surface area contributed by atoms with Gasteiger partial charge >= 0.3 is 5.97 Å². The van der Waals surface area contributed by atoms with Crippen molar-refractivity contribution in [2.24, 2.45) is 5.92 Å². The molecule has 2 aliphatic rings. The molecule has 204 valence electrons. The maximum Gasteiger partial charge on any atom is 0.354 e. The number of pyridine rings is 2. The first-order chi connectivity index (χ1) is 19.4. The van der Waals surface area contributed by atoms with Crippen LogP contribution < -0.4 is 9.80 Å². The first-order valence-corrected chi connectivity index (χ1v) is 14.1. The Morgan fingerprint density at radius 2 is 1.73 bits per heavy atom. The van der Waals surface area contributed by atoms with Crippen LogP contribution in [0.5, 0.6) is 0 Å². The minimum atomic E-state index is -1.08. The molecule has 9 nitrogen and oxygen atoms in total. The number of aromatic carboxylic acids is 1. The Labute approximate surface area is 233 Å². The minimum absolute atomic E-state index is 0.0181. The van der Waals surface area contributed by atoms with E-state index in [1.807, 2.05) is 24.3 Å². The van der Waals surface area contributed by atoms with Gasteiger partial charge in [0.05, 0.1) is 22.8 Å². The predicted molar refractivity (Wildman–Crippen MR) is 155 cm³/mol. The van der Waals surface area contributed by atoms with Crippen molar-refractivity contribution in [2.75, 3.05) is 36.0 Å². The van der Waals surface area contributed by atoms with Crippen LogP contribution in [0.1, 0.15) is 61.6 Å². The summed E-state index contributed by atoms with van der Waals surface area (Å²) in [5, 5.41) is 25.1. The predicted octanol–water partition coefficient (Wildman–Crippen LogP) is 5.64. The molecule has 40 heavy (non-hydrogen) atoms. The zero-order valence-corrected chi connectivity index (χ0v) is 22.9. The molecule has 0 radical (unpaired) electrons. The topological polar surface area (TPSA) is 111 Å². The van der Waals surface area contributed by atoms with Gasteiger partial charge < -0.3 is 14.9 Å². The Balaban J connectivity index is 1.46. The lowest BCUT2D eigenvalue weighted by Crippen LogP contribution is -2.33. The highest BCUT2D eigenvalue weighted by atomic mass is 16.4. The van der Waals surface area contributed by atoms with E-state index in [1.54, 1.807) is 16.9 Å². The quantitative estimate of drug-likeness (QED) is 0.337. The monoisotopic (exact) mass is 535 g/mol. The molecule has 0 bridgehead atoms. The molecule has 0 spiro atoms. The highest BCUT2D eigenvalue weighted by Crippen LogP contribution is 2.37. The molecule has 0 saturated carbocycles. The number of piperidine rings is 1. The number of benzene rings is 1. The number of hydrogen-bond donors (Lipinski definition) is 1. The Morgan fingerprint density at radius 3 is 2.38 bits per heavy atom. The number of carbonyl (C=O) groups is 1. The van der Waals surface area contributed by atoms with Crippen molar-refractivity contribution in [1.82, 2.24) is 19.7 Å². The van der Waals surface area contributed by atoms with Crippen LogP contribution in [0, 0.1) is 17.2 Å². The van der Waals surface area contributed by atoms with E-state index in [9.17, 15) is 15.2 Å². The normalized spacial score (nSPS) is 16.1. The van der Waals surface area contributed by atoms with E-state index in [-0.39, 0.29) is 17.5 Å². The Morgan fingerprint density at radius 1 is 1.00 bits per heavy atom. The molecule has 0 amide bonds. The number of aromatic nitrogens is 4. The summed E-state index contributed by atoms with van der Waals surface area (Å²) in [4.78, 5) is 26.0. The molecular weight excluding hydrogens is 502 g/mol. The molecule has 1 aromatic carbocycles. The Hall–Kier alpha value is -4.45.